The fourth-order valence-electron chi connectivity index (χ4n) is 4.94. The van der Waals surface area contributed by atoms with E-state index < -0.39 is 17.9 Å². The third-order valence-corrected chi connectivity index (χ3v) is 7.35. The third-order valence-electron chi connectivity index (χ3n) is 7.35. The van der Waals surface area contributed by atoms with Crippen molar-refractivity contribution < 1.29 is 76.7 Å². The van der Waals surface area contributed by atoms with E-state index in [1.807, 2.05) is 44.3 Å². The van der Waals surface area contributed by atoms with Crippen LogP contribution in [0.15, 0.2) is 35.9 Å². The van der Waals surface area contributed by atoms with Gasteiger partial charge in [-0.2, -0.15) is 11.7 Å². The van der Waals surface area contributed by atoms with Crippen LogP contribution in [0.3, 0.4) is 0 Å². The maximum Gasteiger partial charge on any atom is 0.264 e. The first-order valence-corrected chi connectivity index (χ1v) is 16.1. The molecule has 0 saturated carbocycles. The van der Waals surface area contributed by atoms with Crippen LogP contribution in [-0.2, 0) is 38.1 Å². The number of amides is 3. The number of ether oxygens (including phenoxy) is 5. The summed E-state index contributed by atoms with van der Waals surface area (Å²) in [6.45, 7) is 8.05. The number of nitrogens with two attached hydrogens (primary N) is 1. The summed E-state index contributed by atoms with van der Waals surface area (Å²) in [5, 5.41) is 18.0. The average molecular weight is 819 g/mol. The molecule has 3 atom stereocenters. The van der Waals surface area contributed by atoms with Gasteiger partial charge in [0.1, 0.15) is 11.6 Å². The van der Waals surface area contributed by atoms with Gasteiger partial charge in [0.25, 0.3) is 5.91 Å². The zero-order chi connectivity index (χ0) is 34.1. The summed E-state index contributed by atoms with van der Waals surface area (Å²) in [6.07, 6.45) is 3.68. The molecule has 0 aliphatic carbocycles. The van der Waals surface area contributed by atoms with Gasteiger partial charge in [0.15, 0.2) is 0 Å². The molecule has 14 nitrogen and oxygen atoms in total. The predicted octanol–water partition coefficient (Wildman–Crippen LogP) is -0.220. The van der Waals surface area contributed by atoms with Crippen LogP contribution in [0.1, 0.15) is 23.5 Å². The van der Waals surface area contributed by atoms with Crippen LogP contribution in [0, 0.1) is 62.8 Å². The van der Waals surface area contributed by atoms with Crippen molar-refractivity contribution in [3.63, 3.8) is 0 Å². The number of rotatable bonds is 26. The molecule has 0 spiro atoms. The van der Waals surface area contributed by atoms with Crippen LogP contribution in [0.25, 0.3) is 0 Å². The van der Waals surface area contributed by atoms with E-state index in [0.717, 1.165) is 11.1 Å². The minimum atomic E-state index is -0.476. The van der Waals surface area contributed by atoms with Gasteiger partial charge in [0.2, 0.25) is 5.91 Å². The largest absolute Gasteiger partial charge is 0.528 e. The van der Waals surface area contributed by atoms with Crippen molar-refractivity contribution in [3.05, 3.63) is 47.0 Å². The van der Waals surface area contributed by atoms with E-state index >= 15 is 0 Å². The molecule has 271 valence electrons. The summed E-state index contributed by atoms with van der Waals surface area (Å²) >= 11 is 0. The first-order chi connectivity index (χ1) is 22.9. The van der Waals surface area contributed by atoms with Crippen molar-refractivity contribution in [2.24, 2.45) is 11.7 Å². The molecule has 1 aliphatic heterocycles. The van der Waals surface area contributed by atoms with Gasteiger partial charge in [0, 0.05) is 76.8 Å². The molecule has 2 rings (SSSR count). The molecule has 1 aromatic rings. The summed E-state index contributed by atoms with van der Waals surface area (Å²) in [5.74, 6) is -1.27. The third kappa shape index (κ3) is 18.0. The zero-order valence-corrected chi connectivity index (χ0v) is 30.1. The van der Waals surface area contributed by atoms with Crippen molar-refractivity contribution in [1.29, 1.82) is 5.26 Å². The van der Waals surface area contributed by atoms with Gasteiger partial charge in [-0.1, -0.05) is 29.8 Å². The molecule has 1 heterocycles. The Morgan fingerprint density at radius 2 is 1.56 bits per heavy atom. The summed E-state index contributed by atoms with van der Waals surface area (Å²) in [7, 11) is 1.81. The maximum absolute atomic E-state index is 13.3. The first-order valence-electron chi connectivity index (χ1n) is 16.1. The van der Waals surface area contributed by atoms with Crippen LogP contribution in [0.2, 0.25) is 0 Å². The molecule has 1 radical (unpaired) electrons. The second-order valence-corrected chi connectivity index (χ2v) is 11.0. The number of carbonyl (C=O) groups excluding carboxylic acids is 3. The van der Waals surface area contributed by atoms with E-state index in [1.165, 1.54) is 6.08 Å². The molecule has 5 N–H and O–H groups in total. The predicted molar refractivity (Wildman–Crippen MR) is 175 cm³/mol. The Labute approximate surface area is 315 Å². The Balaban J connectivity index is 0.0000115. The number of benzene rings is 1. The smallest absolute Gasteiger partial charge is 0.264 e. The number of carbonyl (C=O) groups is 2. The normalized spacial score (nSPS) is 16.5. The van der Waals surface area contributed by atoms with E-state index in [2.05, 4.69) is 16.0 Å². The van der Waals surface area contributed by atoms with Crippen LogP contribution >= 0.6 is 0 Å². The zero-order valence-electron chi connectivity index (χ0n) is 28.0. The van der Waals surface area contributed by atoms with Crippen molar-refractivity contribution in [2.75, 3.05) is 106 Å². The second kappa shape index (κ2) is 27.7. The molecule has 0 bridgehead atoms. The number of hydrogen-bond acceptors (Lipinski definition) is 11. The molecular formula is C33H51N6O8Tb-. The standard InChI is InChI=1S/C33H51N6O8.Tb/c1-26-4-3-5-27(20-26)30-23-39(33(42)28(22-34)21-29(35)6-7-36-2)24-31(30)32(41)38-9-11-44-13-15-46-17-19-47-18-16-45-14-12-43-10-8-37-25-40;/h3-5,20-21,29-31,36H,6-19,23-24,35H2,1-2H3,(H,37,40)(H,38,41);/q-1;/b28-21+;/t29?,30-,31+;/m0./s1. The van der Waals surface area contributed by atoms with Gasteiger partial charge < -0.3 is 55.1 Å². The van der Waals surface area contributed by atoms with E-state index in [0.29, 0.717) is 98.7 Å². The second-order valence-electron chi connectivity index (χ2n) is 11.0. The molecule has 0 aromatic heterocycles. The van der Waals surface area contributed by atoms with Gasteiger partial charge in [-0.05, 0) is 38.6 Å². The van der Waals surface area contributed by atoms with Crippen molar-refractivity contribution in [1.82, 2.24) is 20.9 Å². The Morgan fingerprint density at radius 1 is 0.979 bits per heavy atom. The Hall–Kier alpha value is -2.13. The molecule has 15 heteroatoms. The Kier molecular flexibility index (Phi) is 25.3. The number of nitrogens with zero attached hydrogens (tertiary/aromatic N) is 2. The summed E-state index contributed by atoms with van der Waals surface area (Å²) in [5.41, 5.74) is 8.13. The van der Waals surface area contributed by atoms with Crippen LogP contribution < -0.4 is 21.7 Å². The van der Waals surface area contributed by atoms with Gasteiger partial charge in [-0.15, -0.1) is 0 Å². The van der Waals surface area contributed by atoms with E-state index in [1.54, 1.807) is 11.3 Å². The maximum atomic E-state index is 13.3. The van der Waals surface area contributed by atoms with Crippen LogP contribution in [-0.4, -0.2) is 135 Å². The SMILES string of the molecule is CNCCC(N)/C=C(\C#N)C(=O)N1C[C@@H](C(=O)NCCOCCOCCOCCOCCOCCN[C-]=O)[C@H](c2cccc(C)c2)C1.[Tb]. The van der Waals surface area contributed by atoms with Gasteiger partial charge >= 0.3 is 0 Å². The molecular weight excluding hydrogens is 767 g/mol. The minimum absolute atomic E-state index is 0. The number of nitrogens with one attached hydrogen (secondary N) is 3. The van der Waals surface area contributed by atoms with Crippen molar-refractivity contribution in [2.45, 2.75) is 25.3 Å². The summed E-state index contributed by atoms with van der Waals surface area (Å²) in [6, 6.07) is 9.51. The van der Waals surface area contributed by atoms with Gasteiger partial charge in [-0.25, -0.2) is 0 Å². The van der Waals surface area contributed by atoms with Crippen LogP contribution in [0.5, 0.6) is 0 Å². The minimum Gasteiger partial charge on any atom is -0.528 e. The Morgan fingerprint density at radius 3 is 2.10 bits per heavy atom. The summed E-state index contributed by atoms with van der Waals surface area (Å²) < 4.78 is 27.2. The number of hydrogen-bond donors (Lipinski definition) is 4. The molecule has 3 amide bonds. The van der Waals surface area contributed by atoms with Crippen molar-refractivity contribution >= 4 is 18.2 Å². The molecule has 1 aliphatic rings. The van der Waals surface area contributed by atoms with Crippen molar-refractivity contribution in [3.8, 4) is 6.07 Å². The monoisotopic (exact) mass is 818 g/mol. The number of likely N-dealkylation sites (tertiary alicyclic amines) is 1. The fraction of sp³-hybridized carbons (Fsp3) is 0.636. The molecule has 1 fully saturated rings. The summed E-state index contributed by atoms with van der Waals surface area (Å²) in [4.78, 5) is 38.2. The fourth-order valence-corrected chi connectivity index (χ4v) is 4.94. The number of nitriles is 1. The molecule has 48 heavy (non-hydrogen) atoms. The van der Waals surface area contributed by atoms with E-state index in [-0.39, 0.29) is 62.6 Å². The van der Waals surface area contributed by atoms with Gasteiger partial charge in [0.05, 0.1) is 72.0 Å². The topological polar surface area (TPSA) is 186 Å². The first kappa shape index (κ1) is 43.9. The average Bonchev–Trinajstić information content (AvgIpc) is 3.53. The Bertz CT molecular complexity index is 1140. The van der Waals surface area contributed by atoms with E-state index in [9.17, 15) is 19.6 Å². The molecule has 1 aromatic carbocycles. The van der Waals surface area contributed by atoms with Gasteiger partial charge in [-0.3, -0.25) is 9.59 Å². The molecule has 1 unspecified atom stereocenters. The number of aryl methyl sites for hydroxylation is 1. The molecule has 1 saturated heterocycles. The quantitative estimate of drug-likeness (QED) is 0.0319. The van der Waals surface area contributed by atoms with E-state index in [4.69, 9.17) is 29.4 Å². The van der Waals surface area contributed by atoms with Crippen LogP contribution in [0.4, 0.5) is 0 Å².